The zero-order valence-electron chi connectivity index (χ0n) is 13.9. The molecule has 0 saturated carbocycles. The predicted molar refractivity (Wildman–Crippen MR) is 86.2 cm³/mol. The molecule has 1 N–H and O–H groups in total. The largest absolute Gasteiger partial charge is 0.496 e. The average molecular weight is 295 g/mol. The molecule has 21 heavy (non-hydrogen) atoms. The minimum atomic E-state index is 0.186. The highest BCUT2D eigenvalue weighted by molar-refractivity contribution is 5.47. The van der Waals surface area contributed by atoms with Crippen LogP contribution in [0.5, 0.6) is 11.5 Å². The van der Waals surface area contributed by atoms with E-state index in [9.17, 15) is 0 Å². The van der Waals surface area contributed by atoms with Gasteiger partial charge in [0.05, 0.1) is 19.8 Å². The highest BCUT2D eigenvalue weighted by Crippen LogP contribution is 2.38. The van der Waals surface area contributed by atoms with Gasteiger partial charge in [-0.15, -0.1) is 0 Å². The molecule has 0 bridgehead atoms. The Hall–Kier alpha value is -1.26. The van der Waals surface area contributed by atoms with E-state index >= 15 is 0 Å². The summed E-state index contributed by atoms with van der Waals surface area (Å²) in [5, 5.41) is 3.63. The fourth-order valence-electron chi connectivity index (χ4n) is 2.54. The number of ether oxygens (including phenoxy) is 3. The predicted octanol–water partition coefficient (Wildman–Crippen LogP) is 3.42. The zero-order chi connectivity index (χ0) is 15.7. The van der Waals surface area contributed by atoms with Crippen molar-refractivity contribution >= 4 is 0 Å². The molecule has 2 atom stereocenters. The Morgan fingerprint density at radius 2 is 1.71 bits per heavy atom. The van der Waals surface area contributed by atoms with Crippen LogP contribution in [-0.2, 0) is 4.74 Å². The second-order valence-electron chi connectivity index (χ2n) is 5.27. The summed E-state index contributed by atoms with van der Waals surface area (Å²) in [5.74, 6) is 2.15. The van der Waals surface area contributed by atoms with E-state index in [1.165, 1.54) is 0 Å². The first-order valence-corrected chi connectivity index (χ1v) is 7.62. The van der Waals surface area contributed by atoms with Crippen molar-refractivity contribution in [1.29, 1.82) is 0 Å². The lowest BCUT2D eigenvalue weighted by molar-refractivity contribution is 0.169. The van der Waals surface area contributed by atoms with Crippen LogP contribution in [0.4, 0.5) is 0 Å². The molecule has 120 valence electrons. The topological polar surface area (TPSA) is 39.7 Å². The summed E-state index contributed by atoms with van der Waals surface area (Å²) in [6.45, 7) is 6.12. The summed E-state index contributed by atoms with van der Waals surface area (Å²) in [7, 11) is 5.15. The molecule has 0 fully saturated rings. The smallest absolute Gasteiger partial charge is 0.127 e. The normalized spacial score (nSPS) is 13.8. The molecule has 0 aromatic heterocycles. The lowest BCUT2D eigenvalue weighted by Gasteiger charge is -2.28. The van der Waals surface area contributed by atoms with E-state index in [1.807, 2.05) is 18.2 Å². The van der Waals surface area contributed by atoms with Crippen molar-refractivity contribution in [1.82, 2.24) is 5.32 Å². The lowest BCUT2D eigenvalue weighted by atomic mass is 9.90. The third kappa shape index (κ3) is 4.90. The van der Waals surface area contributed by atoms with Crippen molar-refractivity contribution in [3.63, 3.8) is 0 Å². The molecule has 0 aliphatic heterocycles. The van der Waals surface area contributed by atoms with Gasteiger partial charge in [-0.25, -0.2) is 0 Å². The average Bonchev–Trinajstić information content (AvgIpc) is 2.52. The Balaban J connectivity index is 3.11. The van der Waals surface area contributed by atoms with Crippen LogP contribution in [0.2, 0.25) is 0 Å². The summed E-state index contributed by atoms with van der Waals surface area (Å²) < 4.78 is 16.3. The molecule has 0 amide bonds. The minimum absolute atomic E-state index is 0.186. The van der Waals surface area contributed by atoms with Gasteiger partial charge in [0.25, 0.3) is 0 Å². The van der Waals surface area contributed by atoms with E-state index < -0.39 is 0 Å². The third-order valence-corrected chi connectivity index (χ3v) is 3.74. The van der Waals surface area contributed by atoms with Crippen molar-refractivity contribution in [2.75, 3.05) is 34.5 Å². The van der Waals surface area contributed by atoms with Gasteiger partial charge in [0.2, 0.25) is 0 Å². The number of rotatable bonds is 10. The van der Waals surface area contributed by atoms with Crippen LogP contribution in [0.25, 0.3) is 0 Å². The second kappa shape index (κ2) is 9.64. The van der Waals surface area contributed by atoms with Crippen LogP contribution in [0.15, 0.2) is 18.2 Å². The van der Waals surface area contributed by atoms with E-state index in [1.54, 1.807) is 21.3 Å². The van der Waals surface area contributed by atoms with E-state index in [2.05, 4.69) is 19.2 Å². The molecule has 0 spiro atoms. The Bertz CT molecular complexity index is 387. The number of nitrogens with one attached hydrogen (secondary N) is 1. The quantitative estimate of drug-likeness (QED) is 0.718. The van der Waals surface area contributed by atoms with Crippen LogP contribution >= 0.6 is 0 Å². The fraction of sp³-hybridized carbons (Fsp3) is 0.647. The molecule has 4 heteroatoms. The SMILES string of the molecule is CCCNC(c1c(OC)cccc1OC)C(C)CCOC. The summed E-state index contributed by atoms with van der Waals surface area (Å²) >= 11 is 0. The fourth-order valence-corrected chi connectivity index (χ4v) is 2.54. The maximum Gasteiger partial charge on any atom is 0.127 e. The molecular weight excluding hydrogens is 266 g/mol. The van der Waals surface area contributed by atoms with Crippen LogP contribution in [0.1, 0.15) is 38.3 Å². The highest BCUT2D eigenvalue weighted by atomic mass is 16.5. The first kappa shape index (κ1) is 17.8. The first-order chi connectivity index (χ1) is 10.2. The maximum absolute atomic E-state index is 5.55. The van der Waals surface area contributed by atoms with Crippen molar-refractivity contribution in [3.8, 4) is 11.5 Å². The molecule has 2 unspecified atom stereocenters. The van der Waals surface area contributed by atoms with Gasteiger partial charge in [0.1, 0.15) is 11.5 Å². The Kier molecular flexibility index (Phi) is 8.16. The Morgan fingerprint density at radius 3 is 2.19 bits per heavy atom. The van der Waals surface area contributed by atoms with Gasteiger partial charge in [-0.05, 0) is 37.4 Å². The zero-order valence-corrected chi connectivity index (χ0v) is 13.9. The minimum Gasteiger partial charge on any atom is -0.496 e. The van der Waals surface area contributed by atoms with Crippen molar-refractivity contribution < 1.29 is 14.2 Å². The molecule has 0 radical (unpaired) electrons. The van der Waals surface area contributed by atoms with Crippen molar-refractivity contribution in [2.24, 2.45) is 5.92 Å². The van der Waals surface area contributed by atoms with Gasteiger partial charge in [0, 0.05) is 19.8 Å². The monoisotopic (exact) mass is 295 g/mol. The number of benzene rings is 1. The molecule has 0 aliphatic carbocycles. The van der Waals surface area contributed by atoms with Gasteiger partial charge < -0.3 is 19.5 Å². The van der Waals surface area contributed by atoms with Crippen molar-refractivity contribution in [2.45, 2.75) is 32.7 Å². The highest BCUT2D eigenvalue weighted by Gasteiger charge is 2.25. The van der Waals surface area contributed by atoms with Crippen LogP contribution < -0.4 is 14.8 Å². The third-order valence-electron chi connectivity index (χ3n) is 3.74. The first-order valence-electron chi connectivity index (χ1n) is 7.62. The lowest BCUT2D eigenvalue weighted by Crippen LogP contribution is -2.29. The molecule has 0 aliphatic rings. The molecule has 1 aromatic carbocycles. The van der Waals surface area contributed by atoms with Crippen molar-refractivity contribution in [3.05, 3.63) is 23.8 Å². The summed E-state index contributed by atoms with van der Waals surface area (Å²) in [5.41, 5.74) is 1.10. The maximum atomic E-state index is 5.55. The van der Waals surface area contributed by atoms with Gasteiger partial charge in [-0.2, -0.15) is 0 Å². The number of hydrogen-bond acceptors (Lipinski definition) is 4. The van der Waals surface area contributed by atoms with E-state index in [0.717, 1.165) is 43.1 Å². The molecule has 1 rings (SSSR count). The molecule has 0 heterocycles. The number of hydrogen-bond donors (Lipinski definition) is 1. The molecule has 4 nitrogen and oxygen atoms in total. The van der Waals surface area contributed by atoms with Gasteiger partial charge in [-0.1, -0.05) is 19.9 Å². The summed E-state index contributed by atoms with van der Waals surface area (Å²) in [4.78, 5) is 0. The molecular formula is C17H29NO3. The van der Waals surface area contributed by atoms with Crippen LogP contribution in [0.3, 0.4) is 0 Å². The van der Waals surface area contributed by atoms with Gasteiger partial charge >= 0.3 is 0 Å². The summed E-state index contributed by atoms with van der Waals surface area (Å²) in [6.07, 6.45) is 2.07. The standard InChI is InChI=1S/C17H29NO3/c1-6-11-18-17(13(2)10-12-19-3)16-14(20-4)8-7-9-15(16)21-5/h7-9,13,17-18H,6,10-12H2,1-5H3. The van der Waals surface area contributed by atoms with Crippen LogP contribution in [-0.4, -0.2) is 34.5 Å². The van der Waals surface area contributed by atoms with E-state index in [0.29, 0.717) is 5.92 Å². The number of methoxy groups -OCH3 is 3. The van der Waals surface area contributed by atoms with Gasteiger partial charge in [-0.3, -0.25) is 0 Å². The van der Waals surface area contributed by atoms with Gasteiger partial charge in [0.15, 0.2) is 0 Å². The van der Waals surface area contributed by atoms with Crippen LogP contribution in [0, 0.1) is 5.92 Å². The molecule has 0 saturated heterocycles. The molecule has 1 aromatic rings. The summed E-state index contributed by atoms with van der Waals surface area (Å²) in [6, 6.07) is 6.12. The Labute approximate surface area is 128 Å². The Morgan fingerprint density at radius 1 is 1.10 bits per heavy atom. The second-order valence-corrected chi connectivity index (χ2v) is 5.27. The van der Waals surface area contributed by atoms with E-state index in [4.69, 9.17) is 14.2 Å². The van der Waals surface area contributed by atoms with E-state index in [-0.39, 0.29) is 6.04 Å².